The molecule has 0 saturated carbocycles. The first kappa shape index (κ1) is 36.7. The van der Waals surface area contributed by atoms with Crippen LogP contribution in [0.25, 0.3) is 0 Å². The van der Waals surface area contributed by atoms with Crippen molar-refractivity contribution in [3.63, 3.8) is 0 Å². The molecule has 2 bridgehead atoms. The van der Waals surface area contributed by atoms with Gasteiger partial charge in [-0.05, 0) is 24.8 Å². The first-order valence-corrected chi connectivity index (χ1v) is 17.2. The molecule has 4 fully saturated rings. The van der Waals surface area contributed by atoms with Crippen LogP contribution >= 0.6 is 0 Å². The minimum absolute atomic E-state index is 0.0635. The normalized spacial score (nSPS) is 27.3. The minimum atomic E-state index is -1.25. The Labute approximate surface area is 288 Å². The molecule has 5 rings (SSSR count). The molecule has 0 aromatic heterocycles. The molecule has 1 aromatic carbocycles. The predicted molar refractivity (Wildman–Crippen MR) is 179 cm³/mol. The van der Waals surface area contributed by atoms with E-state index in [0.717, 1.165) is 13.1 Å². The summed E-state index contributed by atoms with van der Waals surface area (Å²) in [4.78, 5) is 61.1. The third-order valence-corrected chi connectivity index (χ3v) is 10.1. The molecule has 1 spiro atoms. The van der Waals surface area contributed by atoms with Gasteiger partial charge in [-0.25, -0.2) is 0 Å². The van der Waals surface area contributed by atoms with Crippen LogP contribution < -0.4 is 5.32 Å². The van der Waals surface area contributed by atoms with Crippen LogP contribution in [0.5, 0.6) is 0 Å². The van der Waals surface area contributed by atoms with Gasteiger partial charge < -0.3 is 39.2 Å². The van der Waals surface area contributed by atoms with E-state index in [1.54, 1.807) is 29.2 Å². The van der Waals surface area contributed by atoms with Crippen molar-refractivity contribution in [1.82, 2.24) is 20.0 Å². The monoisotopic (exact) mass is 682 g/mol. The van der Waals surface area contributed by atoms with Crippen LogP contribution in [0.1, 0.15) is 37.4 Å². The molecule has 3 amide bonds. The number of aliphatic hydroxyl groups is 1. The molecule has 4 saturated heterocycles. The molecule has 0 aliphatic carbocycles. The fourth-order valence-corrected chi connectivity index (χ4v) is 7.88. The Kier molecular flexibility index (Phi) is 12.6. The first-order valence-electron chi connectivity index (χ1n) is 17.2. The number of hydrogen-bond acceptors (Lipinski definition) is 10. The van der Waals surface area contributed by atoms with Gasteiger partial charge in [0.05, 0.1) is 50.4 Å². The van der Waals surface area contributed by atoms with Gasteiger partial charge in [-0.2, -0.15) is 0 Å². The fraction of sp³-hybridized carbons (Fsp3) is 0.611. The average molecular weight is 683 g/mol. The number of rotatable bonds is 18. The predicted octanol–water partition coefficient (Wildman–Crippen LogP) is 1.08. The van der Waals surface area contributed by atoms with Crippen LogP contribution in [0, 0.1) is 11.8 Å². The molecule has 4 heterocycles. The third kappa shape index (κ3) is 7.76. The Morgan fingerprint density at radius 2 is 1.92 bits per heavy atom. The molecule has 268 valence electrons. The number of hydrogen-bond donors (Lipinski definition) is 2. The van der Waals surface area contributed by atoms with Gasteiger partial charge in [0.1, 0.15) is 17.7 Å². The number of allylic oxidation sites excluding steroid dienone is 1. The Morgan fingerprint density at radius 1 is 1.16 bits per heavy atom. The molecule has 13 nitrogen and oxygen atoms in total. The lowest BCUT2D eigenvalue weighted by molar-refractivity contribution is -0.163. The number of β-amino-alcohol motifs (C(OH)–C–C–N with tert-alkyl or cyclic N) is 1. The maximum absolute atomic E-state index is 14.4. The molecule has 4 aliphatic rings. The molecule has 2 N–H and O–H groups in total. The second-order valence-corrected chi connectivity index (χ2v) is 13.1. The molecular weight excluding hydrogens is 632 g/mol. The number of amides is 3. The second-order valence-electron chi connectivity index (χ2n) is 13.1. The van der Waals surface area contributed by atoms with Crippen molar-refractivity contribution in [2.45, 2.75) is 55.6 Å². The summed E-state index contributed by atoms with van der Waals surface area (Å²) in [6.07, 6.45) is 3.32. The Bertz CT molecular complexity index is 1340. The van der Waals surface area contributed by atoms with Crippen LogP contribution in [0.3, 0.4) is 0 Å². The van der Waals surface area contributed by atoms with Crippen molar-refractivity contribution in [3.05, 3.63) is 61.2 Å². The average Bonchev–Trinajstić information content (AvgIpc) is 3.76. The maximum Gasteiger partial charge on any atom is 0.313 e. The summed E-state index contributed by atoms with van der Waals surface area (Å²) in [5.41, 5.74) is -0.600. The van der Waals surface area contributed by atoms with Crippen molar-refractivity contribution >= 4 is 23.7 Å². The first-order chi connectivity index (χ1) is 23.8. The number of ether oxygens (including phenoxy) is 4. The summed E-state index contributed by atoms with van der Waals surface area (Å²) in [6.45, 7) is 11.3. The van der Waals surface area contributed by atoms with Gasteiger partial charge in [-0.15, -0.1) is 13.2 Å². The van der Waals surface area contributed by atoms with E-state index in [9.17, 15) is 24.3 Å². The fourth-order valence-electron chi connectivity index (χ4n) is 7.88. The number of carbonyl (C=O) groups is 4. The molecule has 0 unspecified atom stereocenters. The Hall–Kier alpha value is -3.62. The lowest BCUT2D eigenvalue weighted by Gasteiger charge is -2.37. The highest BCUT2D eigenvalue weighted by Crippen LogP contribution is 2.59. The van der Waals surface area contributed by atoms with E-state index in [1.807, 2.05) is 18.2 Å². The van der Waals surface area contributed by atoms with Gasteiger partial charge in [-0.3, -0.25) is 24.1 Å². The van der Waals surface area contributed by atoms with E-state index < -0.39 is 53.6 Å². The van der Waals surface area contributed by atoms with Crippen molar-refractivity contribution in [2.24, 2.45) is 11.8 Å². The van der Waals surface area contributed by atoms with Gasteiger partial charge in [0, 0.05) is 52.8 Å². The highest BCUT2D eigenvalue weighted by atomic mass is 16.6. The highest BCUT2D eigenvalue weighted by Gasteiger charge is 2.75. The van der Waals surface area contributed by atoms with Crippen molar-refractivity contribution in [1.29, 1.82) is 0 Å². The number of methoxy groups -OCH3 is 1. The zero-order chi connectivity index (χ0) is 35.0. The highest BCUT2D eigenvalue weighted by molar-refractivity contribution is 5.98. The summed E-state index contributed by atoms with van der Waals surface area (Å²) < 4.78 is 23.7. The van der Waals surface area contributed by atoms with Crippen LogP contribution in [0.15, 0.2) is 55.6 Å². The third-order valence-electron chi connectivity index (χ3n) is 10.1. The number of fused-ring (bicyclic) bond motifs is 1. The van der Waals surface area contributed by atoms with Gasteiger partial charge in [0.25, 0.3) is 0 Å². The second kappa shape index (κ2) is 16.9. The summed E-state index contributed by atoms with van der Waals surface area (Å²) in [5, 5.41) is 13.0. The van der Waals surface area contributed by atoms with E-state index in [0.29, 0.717) is 51.1 Å². The number of nitrogens with zero attached hydrogens (tertiary/aromatic N) is 3. The summed E-state index contributed by atoms with van der Waals surface area (Å²) in [7, 11) is 1.50. The molecule has 1 aromatic rings. The lowest BCUT2D eigenvalue weighted by atomic mass is 9.70. The summed E-state index contributed by atoms with van der Waals surface area (Å²) in [5.74, 6) is -3.54. The van der Waals surface area contributed by atoms with Crippen LogP contribution in [0.4, 0.5) is 0 Å². The van der Waals surface area contributed by atoms with Crippen LogP contribution in [-0.2, 0) is 38.1 Å². The SMILES string of the molecule is C=CCCC(=O)N[C@@H](COC)[C@@H](OC(=O)[C@@H]1[C@H]2C(=O)N(CCO)[C@H](C(=O)N(CC=C)CCN3CCOCC3)[C@]23CC[C@H]1O3)c1ccccc1. The zero-order valence-electron chi connectivity index (χ0n) is 28.4. The van der Waals surface area contributed by atoms with E-state index in [-0.39, 0.29) is 44.5 Å². The van der Waals surface area contributed by atoms with Gasteiger partial charge >= 0.3 is 5.97 Å². The number of aliphatic hydroxyl groups excluding tert-OH is 1. The number of benzene rings is 1. The van der Waals surface area contributed by atoms with Gasteiger partial charge in [0.2, 0.25) is 17.7 Å². The Balaban J connectivity index is 1.41. The van der Waals surface area contributed by atoms with Crippen molar-refractivity contribution in [3.8, 4) is 0 Å². The summed E-state index contributed by atoms with van der Waals surface area (Å²) >= 11 is 0. The lowest BCUT2D eigenvalue weighted by Crippen LogP contribution is -2.57. The topological polar surface area (TPSA) is 147 Å². The maximum atomic E-state index is 14.4. The standard InChI is InChI=1S/C36H50N4O9/c1-4-6-12-28(42)37-26(24-46-3)31(25-10-8-7-9-11-25)48-35(45)29-27-13-14-36(49-27)30(29)33(43)40(18-21-41)32(36)34(44)39(15-5-2)17-16-38-19-22-47-23-20-38/h4-5,7-11,26-27,29-32,41H,1-2,6,12-24H2,3H3,(H,37,42)/t26-,27+,29-,30-,31-,32+,36-/m0/s1. The molecule has 0 radical (unpaired) electrons. The van der Waals surface area contributed by atoms with E-state index in [2.05, 4.69) is 23.4 Å². The quantitative estimate of drug-likeness (QED) is 0.170. The van der Waals surface area contributed by atoms with Crippen LogP contribution in [-0.4, -0.2) is 140 Å². The van der Waals surface area contributed by atoms with Gasteiger partial charge in [0.15, 0.2) is 0 Å². The van der Waals surface area contributed by atoms with Gasteiger partial charge in [-0.1, -0.05) is 42.5 Å². The molecule has 7 atom stereocenters. The molecule has 49 heavy (non-hydrogen) atoms. The van der Waals surface area contributed by atoms with Crippen molar-refractivity contribution in [2.75, 3.05) is 72.8 Å². The molecule has 13 heteroatoms. The van der Waals surface area contributed by atoms with E-state index in [1.165, 1.54) is 12.0 Å². The number of carbonyl (C=O) groups excluding carboxylic acids is 4. The van der Waals surface area contributed by atoms with Crippen molar-refractivity contribution < 1.29 is 43.2 Å². The van der Waals surface area contributed by atoms with E-state index in [4.69, 9.17) is 18.9 Å². The molecular formula is C36H50N4O9. The minimum Gasteiger partial charge on any atom is -0.455 e. The van der Waals surface area contributed by atoms with Crippen LogP contribution in [0.2, 0.25) is 0 Å². The number of likely N-dealkylation sites (tertiary alicyclic amines) is 1. The summed E-state index contributed by atoms with van der Waals surface area (Å²) in [6, 6.07) is 7.34. The number of morpholine rings is 1. The largest absolute Gasteiger partial charge is 0.455 e. The smallest absolute Gasteiger partial charge is 0.313 e. The van der Waals surface area contributed by atoms with E-state index >= 15 is 0 Å². The Morgan fingerprint density at radius 3 is 2.59 bits per heavy atom. The zero-order valence-corrected chi connectivity index (χ0v) is 28.4. The molecule has 4 aliphatic heterocycles. The number of esters is 1. The number of nitrogens with one attached hydrogen (secondary N) is 1.